The molecule has 0 saturated heterocycles. The summed E-state index contributed by atoms with van der Waals surface area (Å²) in [4.78, 5) is 39.5. The predicted molar refractivity (Wildman–Crippen MR) is 171 cm³/mol. The Hall–Kier alpha value is -4.25. The lowest BCUT2D eigenvalue weighted by atomic mass is 10.0. The van der Waals surface area contributed by atoms with Gasteiger partial charge in [-0.15, -0.1) is 0 Å². The number of hydrogen-bond donors (Lipinski definition) is 3. The molecule has 0 bridgehead atoms. The number of amides is 3. The molecule has 3 N–H and O–H groups in total. The maximum Gasteiger partial charge on any atom is 0.417 e. The van der Waals surface area contributed by atoms with Crippen molar-refractivity contribution in [2.45, 2.75) is 77.9 Å². The van der Waals surface area contributed by atoms with Crippen molar-refractivity contribution in [3.8, 4) is 5.75 Å². The number of halogens is 4. The van der Waals surface area contributed by atoms with Gasteiger partial charge in [0.05, 0.1) is 10.6 Å². The van der Waals surface area contributed by atoms with Crippen LogP contribution in [0.3, 0.4) is 0 Å². The number of urea groups is 1. The van der Waals surface area contributed by atoms with Crippen LogP contribution in [0.25, 0.3) is 0 Å². The number of ether oxygens (including phenoxy) is 2. The summed E-state index contributed by atoms with van der Waals surface area (Å²) >= 11 is 5.67. The van der Waals surface area contributed by atoms with Gasteiger partial charge in [0.25, 0.3) is 0 Å². The fraction of sp³-hybridized carbons (Fsp3) is 0.382. The Kier molecular flexibility index (Phi) is 12.5. The monoisotopic (exact) mass is 661 g/mol. The van der Waals surface area contributed by atoms with Crippen LogP contribution in [0.15, 0.2) is 72.8 Å². The van der Waals surface area contributed by atoms with Crippen LogP contribution in [-0.4, -0.2) is 35.6 Å². The largest absolute Gasteiger partial charge is 0.489 e. The van der Waals surface area contributed by atoms with E-state index in [1.54, 1.807) is 45.0 Å². The SMILES string of the molecule is CC(C)C[C@H](NC(=O)Nc1ccc(Cl)c(C(F)(F)F)c1)C(=O)N[C@@H](Cc1ccc(OCc2ccccc2)cc1)C(=O)OC(C)(C)C. The molecule has 0 saturated carbocycles. The molecule has 12 heteroatoms. The second-order valence-electron chi connectivity index (χ2n) is 12.2. The summed E-state index contributed by atoms with van der Waals surface area (Å²) in [6.45, 7) is 9.17. The van der Waals surface area contributed by atoms with Crippen LogP contribution in [0, 0.1) is 5.92 Å². The topological polar surface area (TPSA) is 106 Å². The molecule has 0 aromatic heterocycles. The van der Waals surface area contributed by atoms with E-state index in [1.165, 1.54) is 6.07 Å². The zero-order chi connectivity index (χ0) is 34.1. The van der Waals surface area contributed by atoms with Gasteiger partial charge in [0.1, 0.15) is 30.0 Å². The van der Waals surface area contributed by atoms with Crippen LogP contribution >= 0.6 is 11.6 Å². The number of hydrogen-bond acceptors (Lipinski definition) is 5. The van der Waals surface area contributed by atoms with E-state index in [9.17, 15) is 27.6 Å². The van der Waals surface area contributed by atoms with Gasteiger partial charge in [0.15, 0.2) is 0 Å². The second kappa shape index (κ2) is 15.8. The number of carbonyl (C=O) groups excluding carboxylic acids is 3. The van der Waals surface area contributed by atoms with E-state index in [1.807, 2.05) is 44.2 Å². The lowest BCUT2D eigenvalue weighted by molar-refractivity contribution is -0.158. The van der Waals surface area contributed by atoms with Crippen LogP contribution in [-0.2, 0) is 33.5 Å². The van der Waals surface area contributed by atoms with Crippen molar-refractivity contribution in [2.75, 3.05) is 5.32 Å². The molecule has 0 heterocycles. The number of benzene rings is 3. The third-order valence-electron chi connectivity index (χ3n) is 6.48. The van der Waals surface area contributed by atoms with Gasteiger partial charge in [-0.05, 0) is 74.6 Å². The summed E-state index contributed by atoms with van der Waals surface area (Å²) < 4.78 is 51.3. The van der Waals surface area contributed by atoms with E-state index in [-0.39, 0.29) is 24.4 Å². The maximum absolute atomic E-state index is 13.5. The van der Waals surface area contributed by atoms with Crippen molar-refractivity contribution in [2.24, 2.45) is 5.92 Å². The zero-order valence-corrected chi connectivity index (χ0v) is 27.1. The second-order valence-corrected chi connectivity index (χ2v) is 12.6. The third-order valence-corrected chi connectivity index (χ3v) is 6.81. The molecule has 0 aliphatic rings. The van der Waals surface area contributed by atoms with Crippen LogP contribution in [0.1, 0.15) is 57.7 Å². The van der Waals surface area contributed by atoms with Gasteiger partial charge < -0.3 is 25.4 Å². The van der Waals surface area contributed by atoms with Crippen LogP contribution < -0.4 is 20.7 Å². The molecule has 46 heavy (non-hydrogen) atoms. The highest BCUT2D eigenvalue weighted by Gasteiger charge is 2.34. The molecule has 8 nitrogen and oxygen atoms in total. The van der Waals surface area contributed by atoms with Gasteiger partial charge in [-0.3, -0.25) is 4.79 Å². The summed E-state index contributed by atoms with van der Waals surface area (Å²) in [5.74, 6) is -0.763. The Labute approximate surface area is 272 Å². The van der Waals surface area contributed by atoms with Crippen LogP contribution in [0.5, 0.6) is 5.75 Å². The van der Waals surface area contributed by atoms with Crippen molar-refractivity contribution in [1.29, 1.82) is 0 Å². The Bertz CT molecular complexity index is 1480. The predicted octanol–water partition coefficient (Wildman–Crippen LogP) is 7.54. The van der Waals surface area contributed by atoms with Gasteiger partial charge in [-0.25, -0.2) is 9.59 Å². The van der Waals surface area contributed by atoms with Crippen molar-refractivity contribution in [3.05, 3.63) is 94.5 Å². The molecule has 0 radical (unpaired) electrons. The van der Waals surface area contributed by atoms with E-state index in [0.717, 1.165) is 17.2 Å². The Morgan fingerprint density at radius 2 is 1.50 bits per heavy atom. The Balaban J connectivity index is 1.73. The highest BCUT2D eigenvalue weighted by molar-refractivity contribution is 6.31. The number of anilines is 1. The first kappa shape index (κ1) is 36.2. The molecular weight excluding hydrogens is 623 g/mol. The summed E-state index contributed by atoms with van der Waals surface area (Å²) in [7, 11) is 0. The fourth-order valence-corrected chi connectivity index (χ4v) is 4.61. The quantitative estimate of drug-likeness (QED) is 0.174. The molecule has 0 aliphatic heterocycles. The molecule has 3 aromatic carbocycles. The van der Waals surface area contributed by atoms with Gasteiger partial charge in [0.2, 0.25) is 5.91 Å². The van der Waals surface area contributed by atoms with Crippen molar-refractivity contribution in [1.82, 2.24) is 10.6 Å². The first-order valence-electron chi connectivity index (χ1n) is 14.7. The van der Waals surface area contributed by atoms with Crippen molar-refractivity contribution >= 4 is 35.2 Å². The molecule has 3 rings (SSSR count). The lowest BCUT2D eigenvalue weighted by Crippen LogP contribution is -2.54. The number of rotatable bonds is 12. The minimum Gasteiger partial charge on any atom is -0.489 e. The standard InChI is InChI=1S/C34H39ClF3N3O5/c1-21(2)17-28(41-32(44)39-24-13-16-27(35)26(19-24)34(36,37)38)30(42)40-29(31(43)46-33(3,4)5)18-22-11-14-25(15-12-22)45-20-23-9-7-6-8-10-23/h6-16,19,21,28-29H,17-18,20H2,1-5H3,(H,40,42)(H2,39,41,44)/t28-,29-/m0/s1. The third kappa shape index (κ3) is 11.9. The normalized spacial score (nSPS) is 13.0. The van der Waals surface area contributed by atoms with Crippen LogP contribution in [0.2, 0.25) is 5.02 Å². The van der Waals surface area contributed by atoms with Crippen molar-refractivity contribution < 1.29 is 37.0 Å². The Morgan fingerprint density at radius 1 is 0.848 bits per heavy atom. The maximum atomic E-state index is 13.5. The van der Waals surface area contributed by atoms with E-state index >= 15 is 0 Å². The molecular formula is C34H39ClF3N3O5. The van der Waals surface area contributed by atoms with Gasteiger partial charge in [-0.2, -0.15) is 13.2 Å². The number of carbonyl (C=O) groups is 3. The molecule has 0 fully saturated rings. The molecule has 0 unspecified atom stereocenters. The summed E-state index contributed by atoms with van der Waals surface area (Å²) in [6, 6.07) is 16.6. The minimum absolute atomic E-state index is 0.0631. The van der Waals surface area contributed by atoms with E-state index in [4.69, 9.17) is 21.1 Å². The molecule has 3 aromatic rings. The fourth-order valence-electron chi connectivity index (χ4n) is 4.39. The van der Waals surface area contributed by atoms with Gasteiger partial charge in [-0.1, -0.05) is 67.9 Å². The lowest BCUT2D eigenvalue weighted by Gasteiger charge is -2.27. The molecule has 248 valence electrons. The summed E-state index contributed by atoms with van der Waals surface area (Å²) in [5, 5.41) is 7.03. The zero-order valence-electron chi connectivity index (χ0n) is 26.3. The first-order chi connectivity index (χ1) is 21.5. The molecule has 2 atom stereocenters. The summed E-state index contributed by atoms with van der Waals surface area (Å²) in [5.41, 5.74) is -0.382. The molecule has 0 aliphatic carbocycles. The first-order valence-corrected chi connectivity index (χ1v) is 15.1. The number of nitrogens with one attached hydrogen (secondary N) is 3. The average Bonchev–Trinajstić information content (AvgIpc) is 2.96. The molecule has 3 amide bonds. The van der Waals surface area contributed by atoms with Gasteiger partial charge in [0, 0.05) is 12.1 Å². The average molecular weight is 662 g/mol. The van der Waals surface area contributed by atoms with Crippen molar-refractivity contribution in [3.63, 3.8) is 0 Å². The number of alkyl halides is 3. The van der Waals surface area contributed by atoms with E-state index in [0.29, 0.717) is 18.4 Å². The minimum atomic E-state index is -4.72. The smallest absolute Gasteiger partial charge is 0.417 e. The Morgan fingerprint density at radius 3 is 2.09 bits per heavy atom. The number of esters is 1. The van der Waals surface area contributed by atoms with E-state index < -0.39 is 52.4 Å². The highest BCUT2D eigenvalue weighted by Crippen LogP contribution is 2.36. The highest BCUT2D eigenvalue weighted by atomic mass is 35.5. The molecule has 0 spiro atoms. The van der Waals surface area contributed by atoms with Crippen LogP contribution in [0.4, 0.5) is 23.7 Å². The van der Waals surface area contributed by atoms with E-state index in [2.05, 4.69) is 16.0 Å². The van der Waals surface area contributed by atoms with Gasteiger partial charge >= 0.3 is 18.2 Å². The summed E-state index contributed by atoms with van der Waals surface area (Å²) in [6.07, 6.45) is -4.45.